The maximum atomic E-state index is 13.7. The molecule has 0 spiro atoms. The first-order valence-electron chi connectivity index (χ1n) is 8.09. The molecule has 6 heteroatoms. The van der Waals surface area contributed by atoms with Crippen LogP contribution < -0.4 is 5.32 Å². The van der Waals surface area contributed by atoms with Crippen LogP contribution in [0, 0.1) is 5.82 Å². The summed E-state index contributed by atoms with van der Waals surface area (Å²) in [7, 11) is 0. The van der Waals surface area contributed by atoms with E-state index in [9.17, 15) is 9.18 Å². The molecule has 2 fully saturated rings. The fraction of sp³-hybridized carbons (Fsp3) is 0.588. The first-order chi connectivity index (χ1) is 11.1. The normalized spacial score (nSPS) is 27.3. The Bertz CT molecular complexity index is 549. The molecule has 4 nitrogen and oxygen atoms in total. The van der Waals surface area contributed by atoms with Crippen LogP contribution in [0.5, 0.6) is 0 Å². The van der Waals surface area contributed by atoms with Crippen molar-refractivity contribution in [1.82, 2.24) is 5.32 Å². The number of amides is 1. The number of nitrogens with one attached hydrogen (secondary N) is 1. The SMILES string of the molecule is O=C(CCc1c(F)cccc1Cl)N[C@@H]1CC[C@@H]2OCCO[C@H]2C1. The third-order valence-corrected chi connectivity index (χ3v) is 4.86. The van der Waals surface area contributed by atoms with Gasteiger partial charge in [-0.1, -0.05) is 17.7 Å². The second-order valence-electron chi connectivity index (χ2n) is 6.10. The Morgan fingerprint density at radius 1 is 1.26 bits per heavy atom. The number of fused-ring (bicyclic) bond motifs is 1. The summed E-state index contributed by atoms with van der Waals surface area (Å²) in [5.74, 6) is -0.442. The average molecular weight is 342 g/mol. The van der Waals surface area contributed by atoms with Crippen molar-refractivity contribution in [3.63, 3.8) is 0 Å². The average Bonchev–Trinajstić information content (AvgIpc) is 2.54. The molecule has 126 valence electrons. The van der Waals surface area contributed by atoms with Crippen LogP contribution in [0.4, 0.5) is 4.39 Å². The van der Waals surface area contributed by atoms with Crippen LogP contribution in [0.15, 0.2) is 18.2 Å². The minimum absolute atomic E-state index is 0.0730. The van der Waals surface area contributed by atoms with Crippen molar-refractivity contribution in [2.45, 2.75) is 50.4 Å². The molecule has 23 heavy (non-hydrogen) atoms. The number of benzene rings is 1. The molecular weight excluding hydrogens is 321 g/mol. The number of hydrogen-bond donors (Lipinski definition) is 1. The van der Waals surface area contributed by atoms with E-state index in [2.05, 4.69) is 5.32 Å². The Morgan fingerprint density at radius 3 is 2.83 bits per heavy atom. The zero-order chi connectivity index (χ0) is 16.2. The van der Waals surface area contributed by atoms with Crippen molar-refractivity contribution in [3.05, 3.63) is 34.6 Å². The van der Waals surface area contributed by atoms with Crippen LogP contribution in [0.1, 0.15) is 31.2 Å². The molecule has 3 rings (SSSR count). The predicted octanol–water partition coefficient (Wildman–Crippen LogP) is 2.86. The van der Waals surface area contributed by atoms with Gasteiger partial charge < -0.3 is 14.8 Å². The highest BCUT2D eigenvalue weighted by molar-refractivity contribution is 6.31. The summed E-state index contributed by atoms with van der Waals surface area (Å²) in [6, 6.07) is 4.66. The summed E-state index contributed by atoms with van der Waals surface area (Å²) in [6.45, 7) is 1.27. The number of halogens is 2. The molecular formula is C17H21ClFNO3. The fourth-order valence-corrected chi connectivity index (χ4v) is 3.56. The van der Waals surface area contributed by atoms with Gasteiger partial charge in [-0.25, -0.2) is 4.39 Å². The summed E-state index contributed by atoms with van der Waals surface area (Å²) < 4.78 is 25.1. The lowest BCUT2D eigenvalue weighted by molar-refractivity contribution is -0.158. The van der Waals surface area contributed by atoms with E-state index in [1.54, 1.807) is 12.1 Å². The molecule has 1 saturated carbocycles. The summed E-state index contributed by atoms with van der Waals surface area (Å²) >= 11 is 5.98. The topological polar surface area (TPSA) is 47.6 Å². The molecule has 1 amide bonds. The standard InChI is InChI=1S/C17H21ClFNO3/c18-13-2-1-3-14(19)12(13)5-7-17(21)20-11-4-6-15-16(10-11)23-9-8-22-15/h1-3,11,15-16H,4-10H2,(H,20,21)/t11-,15+,16+/m1/s1. The van der Waals surface area contributed by atoms with E-state index in [1.165, 1.54) is 6.07 Å². The molecule has 0 bridgehead atoms. The van der Waals surface area contributed by atoms with Crippen LogP contribution in [-0.4, -0.2) is 37.4 Å². The van der Waals surface area contributed by atoms with Gasteiger partial charge >= 0.3 is 0 Å². The summed E-state index contributed by atoms with van der Waals surface area (Å²) in [5.41, 5.74) is 0.400. The largest absolute Gasteiger partial charge is 0.373 e. The van der Waals surface area contributed by atoms with Crippen molar-refractivity contribution in [3.8, 4) is 0 Å². The van der Waals surface area contributed by atoms with Gasteiger partial charge in [0.15, 0.2) is 0 Å². The summed E-state index contributed by atoms with van der Waals surface area (Å²) in [5, 5.41) is 3.39. The first-order valence-corrected chi connectivity index (χ1v) is 8.46. The number of hydrogen-bond acceptors (Lipinski definition) is 3. The lowest BCUT2D eigenvalue weighted by atomic mass is 9.89. The third kappa shape index (κ3) is 4.22. The molecule has 3 atom stereocenters. The van der Waals surface area contributed by atoms with Crippen LogP contribution in [-0.2, 0) is 20.7 Å². The molecule has 1 aromatic rings. The van der Waals surface area contributed by atoms with Crippen molar-refractivity contribution >= 4 is 17.5 Å². The molecule has 1 aliphatic heterocycles. The Balaban J connectivity index is 1.48. The van der Waals surface area contributed by atoms with Gasteiger partial charge in [0.25, 0.3) is 0 Å². The third-order valence-electron chi connectivity index (χ3n) is 4.51. The van der Waals surface area contributed by atoms with Crippen LogP contribution in [0.3, 0.4) is 0 Å². The highest BCUT2D eigenvalue weighted by atomic mass is 35.5. The second kappa shape index (κ2) is 7.60. The van der Waals surface area contributed by atoms with Crippen molar-refractivity contribution in [2.75, 3.05) is 13.2 Å². The van der Waals surface area contributed by atoms with Gasteiger partial charge in [-0.3, -0.25) is 4.79 Å². The summed E-state index contributed by atoms with van der Waals surface area (Å²) in [4.78, 5) is 12.1. The molecule has 0 aromatic heterocycles. The highest BCUT2D eigenvalue weighted by Crippen LogP contribution is 2.27. The zero-order valence-corrected chi connectivity index (χ0v) is 13.7. The molecule has 1 aliphatic carbocycles. The lowest BCUT2D eigenvalue weighted by Gasteiger charge is -2.39. The smallest absolute Gasteiger partial charge is 0.220 e. The Hall–Kier alpha value is -1.17. The molecule has 2 aliphatic rings. The highest BCUT2D eigenvalue weighted by Gasteiger charge is 2.34. The fourth-order valence-electron chi connectivity index (χ4n) is 3.31. The van der Waals surface area contributed by atoms with Gasteiger partial charge in [0.2, 0.25) is 5.91 Å². The van der Waals surface area contributed by atoms with Crippen molar-refractivity contribution < 1.29 is 18.7 Å². The van der Waals surface area contributed by atoms with Crippen LogP contribution in [0.2, 0.25) is 5.02 Å². The molecule has 1 N–H and O–H groups in total. The van der Waals surface area contributed by atoms with Gasteiger partial charge in [-0.2, -0.15) is 0 Å². The number of carbonyl (C=O) groups is 1. The zero-order valence-electron chi connectivity index (χ0n) is 12.9. The number of ether oxygens (including phenoxy) is 2. The molecule has 1 heterocycles. The molecule has 0 unspecified atom stereocenters. The van der Waals surface area contributed by atoms with E-state index in [0.29, 0.717) is 30.2 Å². The van der Waals surface area contributed by atoms with Crippen molar-refractivity contribution in [2.24, 2.45) is 0 Å². The van der Waals surface area contributed by atoms with Gasteiger partial charge in [0.05, 0.1) is 25.4 Å². The van der Waals surface area contributed by atoms with E-state index < -0.39 is 0 Å². The van der Waals surface area contributed by atoms with E-state index >= 15 is 0 Å². The van der Waals surface area contributed by atoms with Crippen molar-refractivity contribution in [1.29, 1.82) is 0 Å². The first kappa shape index (κ1) is 16.7. The monoisotopic (exact) mass is 341 g/mol. The minimum atomic E-state index is -0.362. The minimum Gasteiger partial charge on any atom is -0.373 e. The Kier molecular flexibility index (Phi) is 5.51. The molecule has 1 aromatic carbocycles. The second-order valence-corrected chi connectivity index (χ2v) is 6.50. The number of carbonyl (C=O) groups excluding carboxylic acids is 1. The van der Waals surface area contributed by atoms with Gasteiger partial charge in [-0.15, -0.1) is 0 Å². The van der Waals surface area contributed by atoms with Gasteiger partial charge in [0.1, 0.15) is 5.82 Å². The van der Waals surface area contributed by atoms with Crippen LogP contribution >= 0.6 is 11.6 Å². The van der Waals surface area contributed by atoms with Gasteiger partial charge in [0, 0.05) is 23.0 Å². The Labute approximate surface area is 140 Å². The van der Waals surface area contributed by atoms with Crippen LogP contribution in [0.25, 0.3) is 0 Å². The quantitative estimate of drug-likeness (QED) is 0.916. The van der Waals surface area contributed by atoms with E-state index in [0.717, 1.165) is 19.3 Å². The number of rotatable bonds is 4. The lowest BCUT2D eigenvalue weighted by Crippen LogP contribution is -2.49. The maximum absolute atomic E-state index is 13.7. The molecule has 1 saturated heterocycles. The Morgan fingerprint density at radius 2 is 2.04 bits per heavy atom. The van der Waals surface area contributed by atoms with Gasteiger partial charge in [-0.05, 0) is 37.8 Å². The van der Waals surface area contributed by atoms with E-state index in [4.69, 9.17) is 21.1 Å². The maximum Gasteiger partial charge on any atom is 0.220 e. The predicted molar refractivity (Wildman–Crippen MR) is 85.0 cm³/mol. The molecule has 0 radical (unpaired) electrons. The summed E-state index contributed by atoms with van der Waals surface area (Å²) in [6.07, 6.45) is 3.32. The van der Waals surface area contributed by atoms with E-state index in [-0.39, 0.29) is 36.4 Å². The van der Waals surface area contributed by atoms with E-state index in [1.807, 2.05) is 0 Å².